The summed E-state index contributed by atoms with van der Waals surface area (Å²) in [5.41, 5.74) is 1.34. The molecular formula is C21H18ClNO5S2. The highest BCUT2D eigenvalue weighted by Gasteiger charge is 2.33. The predicted molar refractivity (Wildman–Crippen MR) is 122 cm³/mol. The SMILES string of the molecule is CCOC(=O)COc1ccc(C=C2SC(=S)N(c3cccc(Cl)c3)C2=O)cc1OC. The highest BCUT2D eigenvalue weighted by Crippen LogP contribution is 2.37. The second-order valence-electron chi connectivity index (χ2n) is 6.00. The van der Waals surface area contributed by atoms with E-state index in [2.05, 4.69) is 0 Å². The first-order chi connectivity index (χ1) is 14.4. The van der Waals surface area contributed by atoms with Gasteiger partial charge in [0.1, 0.15) is 0 Å². The number of nitrogens with zero attached hydrogens (tertiary/aromatic N) is 1. The van der Waals surface area contributed by atoms with Crippen molar-refractivity contribution in [2.24, 2.45) is 0 Å². The molecule has 0 aliphatic carbocycles. The Morgan fingerprint density at radius 2 is 2.03 bits per heavy atom. The summed E-state index contributed by atoms with van der Waals surface area (Å²) in [5.74, 6) is 0.134. The van der Waals surface area contributed by atoms with Crippen LogP contribution in [0.4, 0.5) is 5.69 Å². The maximum Gasteiger partial charge on any atom is 0.344 e. The number of carbonyl (C=O) groups excluding carboxylic acids is 2. The lowest BCUT2D eigenvalue weighted by Gasteiger charge is -2.14. The van der Waals surface area contributed by atoms with Crippen molar-refractivity contribution < 1.29 is 23.8 Å². The van der Waals surface area contributed by atoms with Crippen LogP contribution in [-0.4, -0.2) is 36.5 Å². The Balaban J connectivity index is 1.80. The molecule has 0 spiro atoms. The second kappa shape index (κ2) is 9.97. The number of halogens is 1. The fraction of sp³-hybridized carbons (Fsp3) is 0.190. The largest absolute Gasteiger partial charge is 0.493 e. The molecule has 1 aliphatic rings. The smallest absolute Gasteiger partial charge is 0.344 e. The maximum atomic E-state index is 12.9. The van der Waals surface area contributed by atoms with Gasteiger partial charge in [-0.2, -0.15) is 0 Å². The number of esters is 1. The molecule has 1 heterocycles. The number of methoxy groups -OCH3 is 1. The van der Waals surface area contributed by atoms with E-state index in [1.165, 1.54) is 23.8 Å². The third-order valence-electron chi connectivity index (χ3n) is 4.00. The molecule has 1 amide bonds. The first-order valence-corrected chi connectivity index (χ1v) is 10.5. The molecule has 2 aromatic carbocycles. The van der Waals surface area contributed by atoms with Crippen molar-refractivity contribution in [3.05, 3.63) is 58.0 Å². The summed E-state index contributed by atoms with van der Waals surface area (Å²) in [4.78, 5) is 26.3. The number of amides is 1. The molecule has 0 radical (unpaired) electrons. The molecule has 0 saturated carbocycles. The van der Waals surface area contributed by atoms with Gasteiger partial charge in [-0.3, -0.25) is 9.69 Å². The topological polar surface area (TPSA) is 65.1 Å². The van der Waals surface area contributed by atoms with E-state index < -0.39 is 5.97 Å². The molecule has 3 rings (SSSR count). The highest BCUT2D eigenvalue weighted by molar-refractivity contribution is 8.27. The Labute approximate surface area is 188 Å². The molecule has 1 fully saturated rings. The van der Waals surface area contributed by atoms with Crippen LogP contribution in [0.15, 0.2) is 47.4 Å². The molecule has 9 heteroatoms. The lowest BCUT2D eigenvalue weighted by Crippen LogP contribution is -2.27. The summed E-state index contributed by atoms with van der Waals surface area (Å²) in [6.07, 6.45) is 1.72. The van der Waals surface area contributed by atoms with Gasteiger partial charge in [0, 0.05) is 5.02 Å². The van der Waals surface area contributed by atoms with Crippen LogP contribution in [0, 0.1) is 0 Å². The summed E-state index contributed by atoms with van der Waals surface area (Å²) in [5, 5.41) is 0.522. The van der Waals surface area contributed by atoms with Crippen LogP contribution < -0.4 is 14.4 Å². The molecule has 0 aromatic heterocycles. The Morgan fingerprint density at radius 1 is 1.23 bits per heavy atom. The predicted octanol–water partition coefficient (Wildman–Crippen LogP) is 4.70. The molecule has 6 nitrogen and oxygen atoms in total. The fourth-order valence-corrected chi connectivity index (χ4v) is 4.17. The average Bonchev–Trinajstić information content (AvgIpc) is 3.00. The molecule has 2 aromatic rings. The van der Waals surface area contributed by atoms with Crippen molar-refractivity contribution in [1.82, 2.24) is 0 Å². The van der Waals surface area contributed by atoms with Gasteiger partial charge in [0.05, 0.1) is 24.3 Å². The minimum atomic E-state index is -0.465. The molecule has 0 bridgehead atoms. The van der Waals surface area contributed by atoms with Crippen LogP contribution in [0.5, 0.6) is 11.5 Å². The number of benzene rings is 2. The third-order valence-corrected chi connectivity index (χ3v) is 5.53. The number of hydrogen-bond acceptors (Lipinski definition) is 7. The van der Waals surface area contributed by atoms with Gasteiger partial charge < -0.3 is 14.2 Å². The van der Waals surface area contributed by atoms with E-state index in [-0.39, 0.29) is 19.1 Å². The van der Waals surface area contributed by atoms with E-state index in [4.69, 9.17) is 38.0 Å². The van der Waals surface area contributed by atoms with Crippen LogP contribution in [-0.2, 0) is 14.3 Å². The molecule has 0 unspecified atom stereocenters. The summed E-state index contributed by atoms with van der Waals surface area (Å²) in [6, 6.07) is 12.1. The number of ether oxygens (including phenoxy) is 3. The second-order valence-corrected chi connectivity index (χ2v) is 8.11. The van der Waals surface area contributed by atoms with Crippen molar-refractivity contribution in [2.75, 3.05) is 25.2 Å². The van der Waals surface area contributed by atoms with E-state index in [9.17, 15) is 9.59 Å². The Bertz CT molecular complexity index is 1020. The highest BCUT2D eigenvalue weighted by atomic mass is 35.5. The monoisotopic (exact) mass is 463 g/mol. The first kappa shape index (κ1) is 22.1. The number of thioether (sulfide) groups is 1. The van der Waals surface area contributed by atoms with Crippen LogP contribution in [0.3, 0.4) is 0 Å². The van der Waals surface area contributed by atoms with Gasteiger partial charge in [0.25, 0.3) is 5.91 Å². The first-order valence-electron chi connectivity index (χ1n) is 8.93. The zero-order valence-electron chi connectivity index (χ0n) is 16.2. The normalized spacial score (nSPS) is 14.9. The summed E-state index contributed by atoms with van der Waals surface area (Å²) < 4.78 is 16.1. The van der Waals surface area contributed by atoms with E-state index in [1.54, 1.807) is 55.5 Å². The molecule has 1 aliphatic heterocycles. The number of anilines is 1. The molecule has 30 heavy (non-hydrogen) atoms. The summed E-state index contributed by atoms with van der Waals surface area (Å²) >= 11 is 12.6. The van der Waals surface area contributed by atoms with Gasteiger partial charge in [-0.25, -0.2) is 4.79 Å². The van der Waals surface area contributed by atoms with Crippen molar-refractivity contribution in [2.45, 2.75) is 6.92 Å². The van der Waals surface area contributed by atoms with Gasteiger partial charge in [-0.05, 0) is 48.9 Å². The van der Waals surface area contributed by atoms with Crippen LogP contribution in [0.2, 0.25) is 5.02 Å². The quantitative estimate of drug-likeness (QED) is 0.335. The van der Waals surface area contributed by atoms with Crippen LogP contribution in [0.25, 0.3) is 6.08 Å². The van der Waals surface area contributed by atoms with Crippen LogP contribution in [0.1, 0.15) is 12.5 Å². The minimum absolute atomic E-state index is 0.220. The Kier molecular flexibility index (Phi) is 7.36. The van der Waals surface area contributed by atoms with E-state index in [1.807, 2.05) is 0 Å². The lowest BCUT2D eigenvalue weighted by atomic mass is 10.2. The van der Waals surface area contributed by atoms with Gasteiger partial charge in [-0.1, -0.05) is 47.7 Å². The number of carbonyl (C=O) groups is 2. The zero-order valence-corrected chi connectivity index (χ0v) is 18.6. The van der Waals surface area contributed by atoms with E-state index >= 15 is 0 Å². The fourth-order valence-electron chi connectivity index (χ4n) is 2.69. The van der Waals surface area contributed by atoms with E-state index in [0.717, 1.165) is 5.56 Å². The summed E-state index contributed by atoms with van der Waals surface area (Å²) in [6.45, 7) is 1.79. The molecule has 0 N–H and O–H groups in total. The zero-order chi connectivity index (χ0) is 21.7. The van der Waals surface area contributed by atoms with Gasteiger partial charge in [-0.15, -0.1) is 0 Å². The molecular weight excluding hydrogens is 446 g/mol. The van der Waals surface area contributed by atoms with Crippen molar-refractivity contribution >= 4 is 63.5 Å². The lowest BCUT2D eigenvalue weighted by molar-refractivity contribution is -0.145. The summed E-state index contributed by atoms with van der Waals surface area (Å²) in [7, 11) is 1.49. The number of thiocarbonyl (C=S) groups is 1. The average molecular weight is 464 g/mol. The Morgan fingerprint density at radius 3 is 2.73 bits per heavy atom. The number of hydrogen-bond donors (Lipinski definition) is 0. The van der Waals surface area contributed by atoms with Crippen molar-refractivity contribution in [3.63, 3.8) is 0 Å². The van der Waals surface area contributed by atoms with Crippen molar-refractivity contribution in [3.8, 4) is 11.5 Å². The van der Waals surface area contributed by atoms with Gasteiger partial charge >= 0.3 is 5.97 Å². The van der Waals surface area contributed by atoms with Gasteiger partial charge in [0.2, 0.25) is 0 Å². The van der Waals surface area contributed by atoms with Crippen molar-refractivity contribution in [1.29, 1.82) is 0 Å². The van der Waals surface area contributed by atoms with E-state index in [0.29, 0.717) is 31.4 Å². The molecule has 0 atom stereocenters. The van der Waals surface area contributed by atoms with Crippen LogP contribution >= 0.6 is 35.6 Å². The minimum Gasteiger partial charge on any atom is -0.493 e. The number of rotatable bonds is 7. The standard InChI is InChI=1S/C21H18ClNO5S2/c1-3-27-19(24)12-28-16-8-7-13(9-17(16)26-2)10-18-20(25)23(21(29)30-18)15-6-4-5-14(22)11-15/h4-11H,3,12H2,1-2H3. The molecule has 1 saturated heterocycles. The Hall–Kier alpha value is -2.55. The third kappa shape index (κ3) is 5.13. The van der Waals surface area contributed by atoms with Gasteiger partial charge in [0.15, 0.2) is 22.4 Å². The molecule has 156 valence electrons. The maximum absolute atomic E-state index is 12.9.